The third kappa shape index (κ3) is 25.1. The SMILES string of the molecule is CCCCCCCCCCCCCCCCCCN(C)C(=O)OCC(C)(COCCCCCCCO[Si](C)(C)C(C)(C)C)OC. The van der Waals surface area contributed by atoms with Crippen LogP contribution in [0.1, 0.15) is 169 Å². The molecule has 0 N–H and O–H groups in total. The maximum atomic E-state index is 12.5. The molecule has 0 saturated heterocycles. The number of amides is 1. The van der Waals surface area contributed by atoms with Gasteiger partial charge in [-0.2, -0.15) is 0 Å². The molecule has 1 amide bonds. The van der Waals surface area contributed by atoms with Crippen LogP contribution >= 0.6 is 0 Å². The highest BCUT2D eigenvalue weighted by Gasteiger charge is 2.36. The number of methoxy groups -OCH3 is 1. The summed E-state index contributed by atoms with van der Waals surface area (Å²) in [5.74, 6) is 0. The fraction of sp³-hybridized carbons (Fsp3) is 0.974. The van der Waals surface area contributed by atoms with E-state index in [0.717, 1.165) is 38.8 Å². The van der Waals surface area contributed by atoms with E-state index >= 15 is 0 Å². The van der Waals surface area contributed by atoms with Crippen LogP contribution in [0.3, 0.4) is 0 Å². The van der Waals surface area contributed by atoms with Crippen LogP contribution in [0.5, 0.6) is 0 Å². The second kappa shape index (κ2) is 27.3. The molecule has 0 saturated carbocycles. The van der Waals surface area contributed by atoms with Crippen molar-refractivity contribution in [3.63, 3.8) is 0 Å². The zero-order valence-corrected chi connectivity index (χ0v) is 32.9. The largest absolute Gasteiger partial charge is 0.446 e. The van der Waals surface area contributed by atoms with E-state index in [-0.39, 0.29) is 17.7 Å². The quantitative estimate of drug-likeness (QED) is 0.0548. The summed E-state index contributed by atoms with van der Waals surface area (Å²) in [4.78, 5) is 14.2. The molecule has 0 aliphatic heterocycles. The van der Waals surface area contributed by atoms with Crippen molar-refractivity contribution in [2.45, 2.75) is 193 Å². The molecule has 0 fully saturated rings. The second-order valence-corrected chi connectivity index (χ2v) is 20.2. The second-order valence-electron chi connectivity index (χ2n) is 15.4. The Labute approximate surface area is 282 Å². The molecule has 1 unspecified atom stereocenters. The molecule has 0 aromatic heterocycles. The Morgan fingerprint density at radius 3 is 1.49 bits per heavy atom. The lowest BCUT2D eigenvalue weighted by molar-refractivity contribution is -0.0956. The van der Waals surface area contributed by atoms with Gasteiger partial charge in [0.1, 0.15) is 12.2 Å². The van der Waals surface area contributed by atoms with Gasteiger partial charge in [0.15, 0.2) is 8.32 Å². The fourth-order valence-corrected chi connectivity index (χ4v) is 6.23. The summed E-state index contributed by atoms with van der Waals surface area (Å²) in [6, 6.07) is 0. The normalized spacial score (nSPS) is 13.6. The lowest BCUT2D eigenvalue weighted by Gasteiger charge is -2.36. The molecular weight excluding hydrogens is 579 g/mol. The van der Waals surface area contributed by atoms with E-state index in [2.05, 4.69) is 40.8 Å². The molecule has 0 radical (unpaired) electrons. The fourth-order valence-electron chi connectivity index (χ4n) is 5.14. The van der Waals surface area contributed by atoms with Crippen LogP contribution in [0.2, 0.25) is 18.1 Å². The van der Waals surface area contributed by atoms with Crippen molar-refractivity contribution in [1.29, 1.82) is 0 Å². The van der Waals surface area contributed by atoms with E-state index in [0.29, 0.717) is 13.2 Å². The smallest absolute Gasteiger partial charge is 0.409 e. The predicted molar refractivity (Wildman–Crippen MR) is 196 cm³/mol. The Morgan fingerprint density at radius 1 is 0.622 bits per heavy atom. The van der Waals surface area contributed by atoms with Crippen LogP contribution in [0.4, 0.5) is 4.79 Å². The summed E-state index contributed by atoms with van der Waals surface area (Å²) in [6.07, 6.45) is 27.1. The zero-order valence-electron chi connectivity index (χ0n) is 31.9. The zero-order chi connectivity index (χ0) is 33.9. The molecule has 0 aliphatic rings. The van der Waals surface area contributed by atoms with E-state index < -0.39 is 13.9 Å². The summed E-state index contributed by atoms with van der Waals surface area (Å²) < 4.78 is 23.4. The van der Waals surface area contributed by atoms with Crippen LogP contribution in [0.25, 0.3) is 0 Å². The minimum absolute atomic E-state index is 0.194. The molecule has 45 heavy (non-hydrogen) atoms. The number of hydrogen-bond donors (Lipinski definition) is 0. The standard InChI is InChI=1S/C38H79NO5Si/c1-10-11-12-13-14-15-16-17-18-19-20-21-22-23-25-28-31-39(6)36(40)43-35-38(5,41-7)34-42-32-29-26-24-27-30-33-44-45(8,9)37(2,3)4/h10-35H2,1-9H3. The van der Waals surface area contributed by atoms with Gasteiger partial charge in [0.05, 0.1) is 6.61 Å². The van der Waals surface area contributed by atoms with Crippen molar-refractivity contribution in [2.75, 3.05) is 47.1 Å². The Bertz CT molecular complexity index is 684. The van der Waals surface area contributed by atoms with Gasteiger partial charge in [-0.3, -0.25) is 0 Å². The van der Waals surface area contributed by atoms with Crippen LogP contribution in [0, 0.1) is 0 Å². The molecule has 270 valence electrons. The number of ether oxygens (including phenoxy) is 3. The summed E-state index contributed by atoms with van der Waals surface area (Å²) in [5, 5.41) is 0.278. The van der Waals surface area contributed by atoms with E-state index in [1.54, 1.807) is 12.0 Å². The van der Waals surface area contributed by atoms with Gasteiger partial charge in [0, 0.05) is 33.9 Å². The van der Waals surface area contributed by atoms with Crippen molar-refractivity contribution < 1.29 is 23.4 Å². The number of unbranched alkanes of at least 4 members (excludes halogenated alkanes) is 19. The first-order valence-electron chi connectivity index (χ1n) is 19.0. The van der Waals surface area contributed by atoms with Crippen LogP contribution in [-0.4, -0.2) is 72.0 Å². The lowest BCUT2D eigenvalue weighted by atomic mass is 10.0. The first-order valence-corrected chi connectivity index (χ1v) is 21.9. The first kappa shape index (κ1) is 44.4. The van der Waals surface area contributed by atoms with E-state index in [1.807, 2.05) is 14.0 Å². The van der Waals surface area contributed by atoms with Crippen molar-refractivity contribution in [2.24, 2.45) is 0 Å². The number of hydrogen-bond acceptors (Lipinski definition) is 5. The highest BCUT2D eigenvalue weighted by atomic mass is 28.4. The minimum Gasteiger partial charge on any atom is -0.446 e. The van der Waals surface area contributed by atoms with Crippen molar-refractivity contribution in [1.82, 2.24) is 4.90 Å². The van der Waals surface area contributed by atoms with E-state index in [9.17, 15) is 4.79 Å². The average molecular weight is 658 g/mol. The molecule has 0 spiro atoms. The highest BCUT2D eigenvalue weighted by molar-refractivity contribution is 6.74. The third-order valence-corrected chi connectivity index (χ3v) is 14.3. The number of carbonyl (C=O) groups is 1. The first-order chi connectivity index (χ1) is 21.4. The molecule has 0 aromatic rings. The molecular formula is C38H79NO5Si. The predicted octanol–water partition coefficient (Wildman–Crippen LogP) is 11.7. The summed E-state index contributed by atoms with van der Waals surface area (Å²) in [5.41, 5.74) is -0.633. The van der Waals surface area contributed by atoms with Crippen molar-refractivity contribution in [3.05, 3.63) is 0 Å². The molecule has 6 nitrogen and oxygen atoms in total. The maximum absolute atomic E-state index is 12.5. The highest BCUT2D eigenvalue weighted by Crippen LogP contribution is 2.36. The van der Waals surface area contributed by atoms with Gasteiger partial charge in [0.2, 0.25) is 0 Å². The van der Waals surface area contributed by atoms with Gasteiger partial charge in [-0.15, -0.1) is 0 Å². The Morgan fingerprint density at radius 2 is 1.04 bits per heavy atom. The van der Waals surface area contributed by atoms with Crippen LogP contribution in [0.15, 0.2) is 0 Å². The van der Waals surface area contributed by atoms with Gasteiger partial charge in [0.25, 0.3) is 0 Å². The van der Waals surface area contributed by atoms with Crippen molar-refractivity contribution >= 4 is 14.4 Å². The van der Waals surface area contributed by atoms with E-state index in [4.69, 9.17) is 18.6 Å². The van der Waals surface area contributed by atoms with Gasteiger partial charge in [-0.1, -0.05) is 143 Å². The Kier molecular flexibility index (Phi) is 26.9. The molecule has 7 heteroatoms. The van der Waals surface area contributed by atoms with Crippen LogP contribution < -0.4 is 0 Å². The monoisotopic (exact) mass is 658 g/mol. The Hall–Kier alpha value is -0.633. The maximum Gasteiger partial charge on any atom is 0.409 e. The summed E-state index contributed by atoms with van der Waals surface area (Å²) >= 11 is 0. The number of nitrogens with zero attached hydrogens (tertiary/aromatic N) is 1. The minimum atomic E-state index is -1.62. The van der Waals surface area contributed by atoms with Gasteiger partial charge >= 0.3 is 6.09 Å². The molecule has 1 atom stereocenters. The molecule has 0 rings (SSSR count). The average Bonchev–Trinajstić information content (AvgIpc) is 2.99. The van der Waals surface area contributed by atoms with E-state index in [1.165, 1.54) is 109 Å². The molecule has 0 bridgehead atoms. The third-order valence-electron chi connectivity index (χ3n) is 9.76. The number of carbonyl (C=O) groups excluding carboxylic acids is 1. The van der Waals surface area contributed by atoms with Gasteiger partial charge in [-0.05, 0) is 44.3 Å². The Balaban J connectivity index is 3.73. The van der Waals surface area contributed by atoms with Gasteiger partial charge in [-0.25, -0.2) is 4.79 Å². The summed E-state index contributed by atoms with van der Waals surface area (Å²) in [7, 11) is 1.86. The topological polar surface area (TPSA) is 57.2 Å². The molecule has 0 aliphatic carbocycles. The van der Waals surface area contributed by atoms with Gasteiger partial charge < -0.3 is 23.5 Å². The van der Waals surface area contributed by atoms with Crippen molar-refractivity contribution in [3.8, 4) is 0 Å². The van der Waals surface area contributed by atoms with Crippen LogP contribution in [-0.2, 0) is 18.6 Å². The molecule has 0 aromatic carbocycles. The number of rotatable bonds is 31. The summed E-state index contributed by atoms with van der Waals surface area (Å²) in [6.45, 7) is 18.7. The molecule has 0 heterocycles. The lowest BCUT2D eigenvalue weighted by Crippen LogP contribution is -2.41.